The lowest BCUT2D eigenvalue weighted by atomic mass is 10.0. The van der Waals surface area contributed by atoms with E-state index in [1.54, 1.807) is 23.5 Å². The number of aliphatic carboxylic acids is 2. The molecule has 0 bridgehead atoms. The summed E-state index contributed by atoms with van der Waals surface area (Å²) >= 11 is 7.81. The molecule has 3 N–H and O–H groups in total. The van der Waals surface area contributed by atoms with Crippen molar-refractivity contribution in [3.05, 3.63) is 58.6 Å². The minimum Gasteiger partial charge on any atom is -0.478 e. The number of nitrogens with one attached hydrogen (secondary N) is 1. The van der Waals surface area contributed by atoms with Crippen molar-refractivity contribution in [2.24, 2.45) is 4.99 Å². The van der Waals surface area contributed by atoms with Gasteiger partial charge in [0.1, 0.15) is 10.8 Å². The summed E-state index contributed by atoms with van der Waals surface area (Å²) in [5.74, 6) is -1.81. The molecule has 1 fully saturated rings. The summed E-state index contributed by atoms with van der Waals surface area (Å²) in [5, 5.41) is 24.6. The van der Waals surface area contributed by atoms with Gasteiger partial charge in [0.2, 0.25) is 0 Å². The molecule has 0 aliphatic carbocycles. The second-order valence-corrected chi connectivity index (χ2v) is 9.72. The van der Waals surface area contributed by atoms with Crippen molar-refractivity contribution in [1.29, 1.82) is 0 Å². The lowest BCUT2D eigenvalue weighted by Crippen LogP contribution is -2.47. The van der Waals surface area contributed by atoms with Gasteiger partial charge >= 0.3 is 11.9 Å². The highest BCUT2D eigenvalue weighted by molar-refractivity contribution is 7.23. The molecule has 3 heterocycles. The Hall–Kier alpha value is -3.40. The molecule has 0 radical (unpaired) electrons. The third-order valence-corrected chi connectivity index (χ3v) is 7.28. The molecule has 0 unspecified atom stereocenters. The van der Waals surface area contributed by atoms with Gasteiger partial charge in [0.15, 0.2) is 0 Å². The van der Waals surface area contributed by atoms with E-state index in [1.807, 2.05) is 24.3 Å². The molecule has 2 aromatic carbocycles. The summed E-state index contributed by atoms with van der Waals surface area (Å²) < 4.78 is 0.945. The number of hydrogen-bond acceptors (Lipinski definition) is 7. The van der Waals surface area contributed by atoms with Gasteiger partial charge in [-0.3, -0.25) is 0 Å². The highest BCUT2D eigenvalue weighted by Gasteiger charge is 2.28. The van der Waals surface area contributed by atoms with E-state index in [9.17, 15) is 14.7 Å². The van der Waals surface area contributed by atoms with E-state index in [-0.39, 0.29) is 5.57 Å². The molecule has 34 heavy (non-hydrogen) atoms. The number of carboxylic acids is 2. The van der Waals surface area contributed by atoms with Gasteiger partial charge in [0, 0.05) is 47.4 Å². The Morgan fingerprint density at radius 1 is 1.12 bits per heavy atom. The van der Waals surface area contributed by atoms with Crippen LogP contribution in [0.3, 0.4) is 0 Å². The van der Waals surface area contributed by atoms with Crippen LogP contribution in [-0.2, 0) is 9.59 Å². The van der Waals surface area contributed by atoms with E-state index >= 15 is 0 Å². The molecular formula is C24H21ClN4O4S. The van der Waals surface area contributed by atoms with Gasteiger partial charge < -0.3 is 25.3 Å². The summed E-state index contributed by atoms with van der Waals surface area (Å²) in [7, 11) is 2.09. The number of benzene rings is 2. The molecular weight excluding hydrogens is 476 g/mol. The number of rotatable bonds is 3. The third kappa shape index (κ3) is 4.13. The van der Waals surface area contributed by atoms with Gasteiger partial charge in [-0.1, -0.05) is 17.7 Å². The number of aliphatic imine (C=N–C) groups is 1. The summed E-state index contributed by atoms with van der Waals surface area (Å²) in [4.78, 5) is 32.5. The molecule has 8 nitrogen and oxygen atoms in total. The molecule has 0 saturated carbocycles. The minimum atomic E-state index is -1.31. The fourth-order valence-electron chi connectivity index (χ4n) is 4.21. The van der Waals surface area contributed by atoms with Gasteiger partial charge in [-0.15, -0.1) is 11.3 Å². The number of hydrogen-bond donors (Lipinski definition) is 3. The first-order valence-corrected chi connectivity index (χ1v) is 11.8. The van der Waals surface area contributed by atoms with E-state index in [1.165, 1.54) is 0 Å². The normalized spacial score (nSPS) is 16.4. The van der Waals surface area contributed by atoms with Crippen LogP contribution in [-0.4, -0.2) is 71.0 Å². The Balaban J connectivity index is 1.73. The second-order valence-electron chi connectivity index (χ2n) is 8.23. The highest BCUT2D eigenvalue weighted by Crippen LogP contribution is 2.44. The molecule has 1 aromatic heterocycles. The number of likely N-dealkylation sites (N-methyl/N-ethyl adjacent to an activating group) is 1. The first-order chi connectivity index (χ1) is 16.3. The number of amidine groups is 1. The summed E-state index contributed by atoms with van der Waals surface area (Å²) in [6.45, 7) is 3.37. The molecule has 2 aliphatic heterocycles. The summed E-state index contributed by atoms with van der Waals surface area (Å²) in [6.07, 6.45) is 0.722. The van der Waals surface area contributed by atoms with E-state index in [4.69, 9.17) is 21.7 Å². The lowest BCUT2D eigenvalue weighted by molar-refractivity contribution is -0.133. The molecule has 2 aliphatic rings. The monoisotopic (exact) mass is 496 g/mol. The van der Waals surface area contributed by atoms with Crippen LogP contribution in [0.1, 0.15) is 11.1 Å². The van der Waals surface area contributed by atoms with Crippen molar-refractivity contribution in [3.8, 4) is 0 Å². The maximum atomic E-state index is 11.8. The summed E-state index contributed by atoms with van der Waals surface area (Å²) in [6, 6.07) is 10.7. The maximum absolute atomic E-state index is 11.8. The van der Waals surface area contributed by atoms with Gasteiger partial charge in [0.05, 0.1) is 22.5 Å². The Morgan fingerprint density at radius 3 is 2.59 bits per heavy atom. The van der Waals surface area contributed by atoms with Crippen molar-refractivity contribution in [3.63, 3.8) is 0 Å². The molecule has 0 atom stereocenters. The van der Waals surface area contributed by atoms with Crippen LogP contribution >= 0.6 is 22.9 Å². The van der Waals surface area contributed by atoms with Crippen LogP contribution in [0.25, 0.3) is 15.7 Å². The summed E-state index contributed by atoms with van der Waals surface area (Å²) in [5.41, 5.74) is 2.48. The number of carbonyl (C=O) groups is 2. The van der Waals surface area contributed by atoms with Gasteiger partial charge in [-0.2, -0.15) is 0 Å². The zero-order chi connectivity index (χ0) is 24.0. The van der Waals surface area contributed by atoms with Gasteiger partial charge in [0.25, 0.3) is 0 Å². The SMILES string of the molecule is CN1CCN(C2=Nc3cc(Cl)ccc3Nc3sc4ccc(/C(=C\C(=O)O)C(=O)O)cc4c32)CC1. The van der Waals surface area contributed by atoms with Crippen LogP contribution in [0, 0.1) is 0 Å². The van der Waals surface area contributed by atoms with Crippen molar-refractivity contribution >= 4 is 72.7 Å². The number of halogens is 1. The molecule has 174 valence electrons. The molecule has 0 amide bonds. The van der Waals surface area contributed by atoms with Crippen molar-refractivity contribution in [1.82, 2.24) is 9.80 Å². The molecule has 1 saturated heterocycles. The maximum Gasteiger partial charge on any atom is 0.336 e. The number of carboxylic acid groups (broad SMARTS) is 2. The van der Waals surface area contributed by atoms with E-state index in [0.29, 0.717) is 10.6 Å². The lowest BCUT2D eigenvalue weighted by Gasteiger charge is -2.34. The van der Waals surface area contributed by atoms with E-state index < -0.39 is 11.9 Å². The molecule has 5 rings (SSSR count). The zero-order valence-corrected chi connectivity index (χ0v) is 19.8. The minimum absolute atomic E-state index is 0.274. The van der Waals surface area contributed by atoms with Crippen LogP contribution in [0.15, 0.2) is 47.5 Å². The van der Waals surface area contributed by atoms with E-state index in [0.717, 1.165) is 70.1 Å². The van der Waals surface area contributed by atoms with Crippen molar-refractivity contribution in [2.45, 2.75) is 0 Å². The van der Waals surface area contributed by atoms with Crippen LogP contribution in [0.2, 0.25) is 5.02 Å². The molecule has 3 aromatic rings. The van der Waals surface area contributed by atoms with Crippen molar-refractivity contribution < 1.29 is 19.8 Å². The van der Waals surface area contributed by atoms with Crippen LogP contribution in [0.5, 0.6) is 0 Å². The standard InChI is InChI=1S/C24H21ClN4O4S/c1-28-6-8-29(9-7-28)22-21-16-10-13(15(24(32)33)12-20(30)31)2-5-19(16)34-23(21)27-17-4-3-14(25)11-18(17)26-22/h2-5,10-12,27H,6-9H2,1H3,(H,30,31)(H,32,33)/b15-12+. The van der Waals surface area contributed by atoms with Crippen LogP contribution in [0.4, 0.5) is 16.4 Å². The van der Waals surface area contributed by atoms with Gasteiger partial charge in [-0.05, 0) is 42.9 Å². The average Bonchev–Trinajstić information content (AvgIpc) is 3.06. The Morgan fingerprint density at radius 2 is 1.88 bits per heavy atom. The predicted molar refractivity (Wildman–Crippen MR) is 135 cm³/mol. The average molecular weight is 497 g/mol. The van der Waals surface area contributed by atoms with E-state index in [2.05, 4.69) is 22.2 Å². The van der Waals surface area contributed by atoms with Crippen molar-refractivity contribution in [2.75, 3.05) is 38.5 Å². The number of anilines is 2. The first-order valence-electron chi connectivity index (χ1n) is 10.6. The fraction of sp³-hybridized carbons (Fsp3) is 0.208. The number of nitrogens with zero attached hydrogens (tertiary/aromatic N) is 3. The fourth-order valence-corrected chi connectivity index (χ4v) is 5.47. The smallest absolute Gasteiger partial charge is 0.336 e. The van der Waals surface area contributed by atoms with Crippen LogP contribution < -0.4 is 5.32 Å². The predicted octanol–water partition coefficient (Wildman–Crippen LogP) is 4.49. The molecule has 10 heteroatoms. The Bertz CT molecular complexity index is 1390. The number of piperazine rings is 1. The van der Waals surface area contributed by atoms with Gasteiger partial charge in [-0.25, -0.2) is 14.6 Å². The quantitative estimate of drug-likeness (QED) is 0.459. The largest absolute Gasteiger partial charge is 0.478 e. The first kappa shape index (κ1) is 22.4. The Kier molecular flexibility index (Phi) is 5.76. The highest BCUT2D eigenvalue weighted by atomic mass is 35.5. The third-order valence-electron chi connectivity index (χ3n) is 5.96. The zero-order valence-electron chi connectivity index (χ0n) is 18.2. The number of fused-ring (bicyclic) bond motifs is 4. The second kappa shape index (κ2) is 8.75. The molecule has 0 spiro atoms. The topological polar surface area (TPSA) is 105 Å². The number of thiophene rings is 1. The Labute approximate surface area is 204 Å².